The molecule has 1 N–H and O–H groups in total. The van der Waals surface area contributed by atoms with Crippen molar-refractivity contribution in [3.05, 3.63) is 54.2 Å². The van der Waals surface area contributed by atoms with Crippen molar-refractivity contribution in [3.63, 3.8) is 0 Å². The number of benzene rings is 1. The normalized spacial score (nSPS) is 12.0. The van der Waals surface area contributed by atoms with Crippen molar-refractivity contribution in [2.24, 2.45) is 0 Å². The minimum Gasteiger partial charge on any atom is -0.310 e. The van der Waals surface area contributed by atoms with Gasteiger partial charge in [0, 0.05) is 6.20 Å². The smallest absolute Gasteiger partial charge is 0.241 e. The molecule has 0 unspecified atom stereocenters. The van der Waals surface area contributed by atoms with Gasteiger partial charge in [-0.15, -0.1) is 0 Å². The van der Waals surface area contributed by atoms with Crippen LogP contribution in [0.25, 0.3) is 0 Å². The molecular weight excluding hydrogens is 312 g/mol. The summed E-state index contributed by atoms with van der Waals surface area (Å²) in [6, 6.07) is 11.7. The van der Waals surface area contributed by atoms with Crippen molar-refractivity contribution in [1.29, 1.82) is 0 Å². The van der Waals surface area contributed by atoms with Gasteiger partial charge in [-0.2, -0.15) is 0 Å². The average molecular weight is 332 g/mol. The van der Waals surface area contributed by atoms with Crippen molar-refractivity contribution < 1.29 is 13.2 Å². The van der Waals surface area contributed by atoms with E-state index in [4.69, 9.17) is 0 Å². The topological polar surface area (TPSA) is 76.1 Å². The molecule has 2 rings (SSSR count). The van der Waals surface area contributed by atoms with Crippen LogP contribution in [0.5, 0.6) is 0 Å². The predicted octanol–water partition coefficient (Wildman–Crippen LogP) is 2.79. The maximum Gasteiger partial charge on any atom is 0.241 e. The molecule has 1 aromatic carbocycles. The van der Waals surface area contributed by atoms with Gasteiger partial charge >= 0.3 is 0 Å². The first-order valence-electron chi connectivity index (χ1n) is 7.23. The van der Waals surface area contributed by atoms with E-state index in [2.05, 4.69) is 31.1 Å². The molecule has 0 bridgehead atoms. The molecule has 0 aliphatic rings. The first-order valence-corrected chi connectivity index (χ1v) is 8.88. The Labute approximate surface area is 136 Å². The monoisotopic (exact) mass is 332 g/mol. The minimum absolute atomic E-state index is 0.0569. The highest BCUT2D eigenvalue weighted by atomic mass is 32.2. The quantitative estimate of drug-likeness (QED) is 0.934. The average Bonchev–Trinajstić information content (AvgIpc) is 2.47. The van der Waals surface area contributed by atoms with E-state index in [1.807, 2.05) is 0 Å². The number of carbonyl (C=O) groups excluding carboxylic acids is 1. The number of sulfone groups is 1. The number of aromatic nitrogens is 1. The van der Waals surface area contributed by atoms with Crippen molar-refractivity contribution in [2.75, 3.05) is 11.1 Å². The molecule has 0 atom stereocenters. The van der Waals surface area contributed by atoms with Crippen molar-refractivity contribution in [2.45, 2.75) is 31.1 Å². The lowest BCUT2D eigenvalue weighted by Crippen LogP contribution is -2.23. The molecule has 122 valence electrons. The summed E-state index contributed by atoms with van der Waals surface area (Å²) in [5.41, 5.74) is 0.980. The summed E-state index contributed by atoms with van der Waals surface area (Å²) in [5, 5.41) is 2.47. The van der Waals surface area contributed by atoms with Gasteiger partial charge < -0.3 is 5.32 Å². The molecule has 0 radical (unpaired) electrons. The maximum atomic E-state index is 12.3. The van der Waals surface area contributed by atoms with Gasteiger partial charge in [-0.05, 0) is 35.2 Å². The zero-order chi connectivity index (χ0) is 17.1. The van der Waals surface area contributed by atoms with Gasteiger partial charge in [0.1, 0.15) is 11.6 Å². The van der Waals surface area contributed by atoms with Gasteiger partial charge in [-0.25, -0.2) is 13.4 Å². The molecule has 0 saturated carbocycles. The van der Waals surface area contributed by atoms with Gasteiger partial charge in [0.15, 0.2) is 9.84 Å². The summed E-state index contributed by atoms with van der Waals surface area (Å²) >= 11 is 0. The predicted molar refractivity (Wildman–Crippen MR) is 90.1 cm³/mol. The molecule has 6 heteroatoms. The number of hydrogen-bond acceptors (Lipinski definition) is 4. The molecule has 23 heavy (non-hydrogen) atoms. The van der Waals surface area contributed by atoms with E-state index in [0.717, 1.165) is 5.56 Å². The van der Waals surface area contributed by atoms with Crippen molar-refractivity contribution >= 4 is 21.6 Å². The summed E-state index contributed by atoms with van der Waals surface area (Å²) < 4.78 is 24.6. The maximum absolute atomic E-state index is 12.3. The summed E-state index contributed by atoms with van der Waals surface area (Å²) in [5.74, 6) is -0.891. The van der Waals surface area contributed by atoms with Crippen LogP contribution < -0.4 is 5.32 Å². The van der Waals surface area contributed by atoms with E-state index in [1.54, 1.807) is 42.5 Å². The Bertz CT molecular complexity index is 777. The number of pyridine rings is 1. The first-order chi connectivity index (χ1) is 10.7. The van der Waals surface area contributed by atoms with Crippen LogP contribution in [0.4, 0.5) is 5.82 Å². The lowest BCUT2D eigenvalue weighted by atomic mass is 9.87. The zero-order valence-electron chi connectivity index (χ0n) is 13.4. The summed E-state index contributed by atoms with van der Waals surface area (Å²) in [6.45, 7) is 6.16. The molecule has 0 saturated heterocycles. The summed E-state index contributed by atoms with van der Waals surface area (Å²) in [7, 11) is -3.68. The van der Waals surface area contributed by atoms with E-state index in [0.29, 0.717) is 5.82 Å². The molecule has 5 nitrogen and oxygen atoms in total. The standard InChI is InChI=1S/C17H20N2O3S/c1-17(2,3)13-7-9-14(10-8-13)23(21,22)12-16(20)19-15-6-4-5-11-18-15/h4-11H,12H2,1-3H3,(H,18,19,20). The Morgan fingerprint density at radius 1 is 1.09 bits per heavy atom. The lowest BCUT2D eigenvalue weighted by molar-refractivity contribution is -0.113. The van der Waals surface area contributed by atoms with Gasteiger partial charge in [-0.1, -0.05) is 39.0 Å². The Morgan fingerprint density at radius 3 is 2.26 bits per heavy atom. The first kappa shape index (κ1) is 17.1. The third-order valence-corrected chi connectivity index (χ3v) is 4.97. The van der Waals surface area contributed by atoms with Gasteiger partial charge in [0.25, 0.3) is 0 Å². The second-order valence-electron chi connectivity index (χ2n) is 6.30. The van der Waals surface area contributed by atoms with Crippen LogP contribution in [0, 0.1) is 0 Å². The molecular formula is C17H20N2O3S. The number of nitrogens with one attached hydrogen (secondary N) is 1. The Balaban J connectivity index is 2.11. The van der Waals surface area contributed by atoms with E-state index in [9.17, 15) is 13.2 Å². The van der Waals surface area contributed by atoms with E-state index >= 15 is 0 Å². The molecule has 0 aliphatic carbocycles. The van der Waals surface area contributed by atoms with E-state index < -0.39 is 21.5 Å². The molecule has 0 fully saturated rings. The van der Waals surface area contributed by atoms with Crippen molar-refractivity contribution in [3.8, 4) is 0 Å². The highest BCUT2D eigenvalue weighted by Gasteiger charge is 2.21. The SMILES string of the molecule is CC(C)(C)c1ccc(S(=O)(=O)CC(=O)Nc2ccccn2)cc1. The van der Waals surface area contributed by atoms with Crippen LogP contribution in [-0.4, -0.2) is 25.1 Å². The molecule has 0 aliphatic heterocycles. The third kappa shape index (κ3) is 4.63. The fraction of sp³-hybridized carbons (Fsp3) is 0.294. The second kappa shape index (κ2) is 6.50. The largest absolute Gasteiger partial charge is 0.310 e. The summed E-state index contributed by atoms with van der Waals surface area (Å²) in [4.78, 5) is 16.0. The number of anilines is 1. The van der Waals surface area contributed by atoms with Crippen LogP contribution in [0.1, 0.15) is 26.3 Å². The molecule has 0 spiro atoms. The molecule has 1 amide bonds. The van der Waals surface area contributed by atoms with Gasteiger partial charge in [0.2, 0.25) is 5.91 Å². The number of carbonyl (C=O) groups is 1. The van der Waals surface area contributed by atoms with Crippen LogP contribution >= 0.6 is 0 Å². The molecule has 1 heterocycles. The van der Waals surface area contributed by atoms with E-state index in [1.165, 1.54) is 6.20 Å². The number of amides is 1. The Morgan fingerprint density at radius 2 is 1.74 bits per heavy atom. The fourth-order valence-electron chi connectivity index (χ4n) is 2.03. The summed E-state index contributed by atoms with van der Waals surface area (Å²) in [6.07, 6.45) is 1.52. The Kier molecular flexibility index (Phi) is 4.85. The highest BCUT2D eigenvalue weighted by molar-refractivity contribution is 7.92. The number of rotatable bonds is 4. The third-order valence-electron chi connectivity index (χ3n) is 3.33. The van der Waals surface area contributed by atoms with Crippen LogP contribution in [0.15, 0.2) is 53.6 Å². The number of nitrogens with zero attached hydrogens (tertiary/aromatic N) is 1. The fourth-order valence-corrected chi connectivity index (χ4v) is 3.17. The van der Waals surface area contributed by atoms with Gasteiger partial charge in [0.05, 0.1) is 4.90 Å². The Hall–Kier alpha value is -2.21. The highest BCUT2D eigenvalue weighted by Crippen LogP contribution is 2.23. The van der Waals surface area contributed by atoms with E-state index in [-0.39, 0.29) is 10.3 Å². The number of hydrogen-bond donors (Lipinski definition) is 1. The molecule has 2 aromatic rings. The van der Waals surface area contributed by atoms with Gasteiger partial charge in [-0.3, -0.25) is 4.79 Å². The zero-order valence-corrected chi connectivity index (χ0v) is 14.2. The lowest BCUT2D eigenvalue weighted by Gasteiger charge is -2.19. The van der Waals surface area contributed by atoms with Crippen LogP contribution in [0.2, 0.25) is 0 Å². The molecule has 1 aromatic heterocycles. The minimum atomic E-state index is -3.68. The van der Waals surface area contributed by atoms with Crippen molar-refractivity contribution in [1.82, 2.24) is 4.98 Å². The van der Waals surface area contributed by atoms with Crippen LogP contribution in [-0.2, 0) is 20.0 Å². The van der Waals surface area contributed by atoms with Crippen LogP contribution in [0.3, 0.4) is 0 Å². The second-order valence-corrected chi connectivity index (χ2v) is 8.29.